The third-order valence-electron chi connectivity index (χ3n) is 5.99. The zero-order valence-corrected chi connectivity index (χ0v) is 17.5. The molecule has 2 aromatic rings. The lowest BCUT2D eigenvalue weighted by Gasteiger charge is -2.33. The first kappa shape index (κ1) is 21.7. The van der Waals surface area contributed by atoms with Gasteiger partial charge in [0.15, 0.2) is 5.76 Å². The van der Waals surface area contributed by atoms with Crippen molar-refractivity contribution in [3.63, 3.8) is 0 Å². The van der Waals surface area contributed by atoms with Crippen molar-refractivity contribution in [2.75, 3.05) is 13.1 Å². The first-order valence-corrected chi connectivity index (χ1v) is 10.0. The number of rotatable bonds is 3. The molecule has 4 N–H and O–H groups in total. The average Bonchev–Trinajstić information content (AvgIpc) is 3.13. The van der Waals surface area contributed by atoms with Crippen molar-refractivity contribution in [3.8, 4) is 22.8 Å². The zero-order chi connectivity index (χ0) is 19.8. The van der Waals surface area contributed by atoms with Gasteiger partial charge in [0, 0.05) is 30.5 Å². The molecule has 29 heavy (non-hydrogen) atoms. The number of hydrogen-bond acceptors (Lipinski definition) is 6. The summed E-state index contributed by atoms with van der Waals surface area (Å²) in [5, 5.41) is 24.1. The minimum Gasteiger partial charge on any atom is -0.507 e. The Morgan fingerprint density at radius 3 is 2.66 bits per heavy atom. The zero-order valence-electron chi connectivity index (χ0n) is 15.9. The Kier molecular flexibility index (Phi) is 6.61. The van der Waals surface area contributed by atoms with Crippen molar-refractivity contribution in [3.05, 3.63) is 28.4 Å². The van der Waals surface area contributed by atoms with E-state index in [2.05, 4.69) is 5.16 Å². The number of halogens is 2. The second kappa shape index (κ2) is 8.81. The fourth-order valence-corrected chi connectivity index (χ4v) is 4.41. The number of fused-ring (bicyclic) bond motifs is 1. The molecule has 0 unspecified atom stereocenters. The lowest BCUT2D eigenvalue weighted by molar-refractivity contribution is -0.137. The third kappa shape index (κ3) is 4.17. The SMILES string of the molecule is Cl.NCC1CCC(C(=O)N2CCc3noc(-c4cc(Cl)c(O)cc4O)c3C2)CC1. The molecule has 9 heteroatoms. The highest BCUT2D eigenvalue weighted by molar-refractivity contribution is 6.32. The second-order valence-electron chi connectivity index (χ2n) is 7.72. The maximum absolute atomic E-state index is 13.0. The molecule has 2 aliphatic rings. The number of phenols is 2. The average molecular weight is 442 g/mol. The fourth-order valence-electron chi connectivity index (χ4n) is 4.25. The van der Waals surface area contributed by atoms with Gasteiger partial charge in [-0.15, -0.1) is 12.4 Å². The molecule has 4 rings (SSSR count). The van der Waals surface area contributed by atoms with E-state index < -0.39 is 0 Å². The van der Waals surface area contributed by atoms with E-state index in [0.29, 0.717) is 43.3 Å². The summed E-state index contributed by atoms with van der Waals surface area (Å²) in [6.07, 6.45) is 4.38. The molecule has 1 saturated carbocycles. The molecular formula is C20H25Cl2N3O4. The maximum Gasteiger partial charge on any atom is 0.225 e. The van der Waals surface area contributed by atoms with Crippen LogP contribution < -0.4 is 5.73 Å². The number of amides is 1. The topological polar surface area (TPSA) is 113 Å². The number of benzene rings is 1. The van der Waals surface area contributed by atoms with Gasteiger partial charge in [-0.25, -0.2) is 0 Å². The number of carbonyl (C=O) groups is 1. The first-order chi connectivity index (χ1) is 13.5. The summed E-state index contributed by atoms with van der Waals surface area (Å²) in [5.74, 6) is 0.777. The smallest absolute Gasteiger partial charge is 0.225 e. The van der Waals surface area contributed by atoms with E-state index in [1.807, 2.05) is 4.90 Å². The van der Waals surface area contributed by atoms with Crippen LogP contribution in [0, 0.1) is 11.8 Å². The van der Waals surface area contributed by atoms with E-state index in [1.165, 1.54) is 12.1 Å². The van der Waals surface area contributed by atoms with Gasteiger partial charge in [-0.2, -0.15) is 0 Å². The van der Waals surface area contributed by atoms with Crippen molar-refractivity contribution in [1.82, 2.24) is 10.1 Å². The molecular weight excluding hydrogens is 417 g/mol. The Morgan fingerprint density at radius 1 is 1.24 bits per heavy atom. The largest absolute Gasteiger partial charge is 0.507 e. The summed E-state index contributed by atoms with van der Waals surface area (Å²) < 4.78 is 5.48. The van der Waals surface area contributed by atoms with E-state index in [9.17, 15) is 15.0 Å². The summed E-state index contributed by atoms with van der Waals surface area (Å²) in [4.78, 5) is 14.9. The Hall–Kier alpha value is -1.96. The van der Waals surface area contributed by atoms with Crippen molar-refractivity contribution < 1.29 is 19.5 Å². The van der Waals surface area contributed by atoms with E-state index in [4.69, 9.17) is 21.9 Å². The van der Waals surface area contributed by atoms with Crippen molar-refractivity contribution >= 4 is 29.9 Å². The molecule has 1 aliphatic carbocycles. The highest BCUT2D eigenvalue weighted by Gasteiger charge is 2.33. The van der Waals surface area contributed by atoms with Crippen LogP contribution in [0.1, 0.15) is 36.9 Å². The minimum absolute atomic E-state index is 0. The van der Waals surface area contributed by atoms with Gasteiger partial charge in [-0.3, -0.25) is 4.79 Å². The predicted octanol–water partition coefficient (Wildman–Crippen LogP) is 3.48. The van der Waals surface area contributed by atoms with Crippen LogP contribution in [0.15, 0.2) is 16.7 Å². The third-order valence-corrected chi connectivity index (χ3v) is 6.29. The normalized spacial score (nSPS) is 21.4. The van der Waals surface area contributed by atoms with Crippen LogP contribution in [0.25, 0.3) is 11.3 Å². The molecule has 1 amide bonds. The molecule has 0 atom stereocenters. The monoisotopic (exact) mass is 441 g/mol. The van der Waals surface area contributed by atoms with Gasteiger partial charge in [-0.05, 0) is 44.2 Å². The molecule has 0 bridgehead atoms. The molecule has 1 fully saturated rings. The Bertz CT molecular complexity index is 894. The van der Waals surface area contributed by atoms with E-state index in [1.54, 1.807) is 0 Å². The number of hydrogen-bond donors (Lipinski definition) is 3. The molecule has 7 nitrogen and oxygen atoms in total. The highest BCUT2D eigenvalue weighted by atomic mass is 35.5. The lowest BCUT2D eigenvalue weighted by Crippen LogP contribution is -2.41. The Labute approximate surface area is 180 Å². The van der Waals surface area contributed by atoms with E-state index >= 15 is 0 Å². The van der Waals surface area contributed by atoms with Crippen LogP contribution in [0.2, 0.25) is 5.02 Å². The van der Waals surface area contributed by atoms with Gasteiger partial charge in [0.1, 0.15) is 11.5 Å². The van der Waals surface area contributed by atoms with Gasteiger partial charge < -0.3 is 25.4 Å². The predicted molar refractivity (Wildman–Crippen MR) is 111 cm³/mol. The number of nitrogens with zero attached hydrogens (tertiary/aromatic N) is 2. The highest BCUT2D eigenvalue weighted by Crippen LogP contribution is 2.41. The van der Waals surface area contributed by atoms with Crippen LogP contribution in [-0.2, 0) is 17.8 Å². The van der Waals surface area contributed by atoms with Crippen LogP contribution in [-0.4, -0.2) is 39.3 Å². The van der Waals surface area contributed by atoms with Gasteiger partial charge >= 0.3 is 0 Å². The van der Waals surface area contributed by atoms with Gasteiger partial charge in [0.2, 0.25) is 5.91 Å². The number of nitrogens with two attached hydrogens (primary N) is 1. The molecule has 0 spiro atoms. The molecule has 2 heterocycles. The molecule has 1 aliphatic heterocycles. The van der Waals surface area contributed by atoms with Crippen LogP contribution >= 0.6 is 24.0 Å². The first-order valence-electron chi connectivity index (χ1n) is 9.66. The van der Waals surface area contributed by atoms with Gasteiger partial charge in [0.05, 0.1) is 22.8 Å². The van der Waals surface area contributed by atoms with E-state index in [0.717, 1.165) is 36.9 Å². The summed E-state index contributed by atoms with van der Waals surface area (Å²) in [7, 11) is 0. The van der Waals surface area contributed by atoms with Crippen LogP contribution in [0.5, 0.6) is 11.5 Å². The van der Waals surface area contributed by atoms with Crippen LogP contribution in [0.4, 0.5) is 0 Å². The quantitative estimate of drug-likeness (QED) is 0.671. The molecule has 0 radical (unpaired) electrons. The van der Waals surface area contributed by atoms with Gasteiger partial charge in [0.25, 0.3) is 0 Å². The number of carbonyl (C=O) groups excluding carboxylic acids is 1. The maximum atomic E-state index is 13.0. The fraction of sp³-hybridized carbons (Fsp3) is 0.500. The standard InChI is InChI=1S/C20H24ClN3O4.ClH/c21-15-7-13(17(25)8-18(15)26)19-14-10-24(6-5-16(14)23-28-19)20(27)12-3-1-11(9-22)2-4-12;/h7-8,11-12,25-26H,1-6,9-10,22H2;1H. The lowest BCUT2D eigenvalue weighted by atomic mass is 9.81. The van der Waals surface area contributed by atoms with Crippen molar-refractivity contribution in [1.29, 1.82) is 0 Å². The summed E-state index contributed by atoms with van der Waals surface area (Å²) in [6, 6.07) is 2.62. The van der Waals surface area contributed by atoms with Crippen molar-refractivity contribution in [2.45, 2.75) is 38.6 Å². The minimum atomic E-state index is -0.207. The Balaban J connectivity index is 0.00000240. The molecule has 1 aromatic carbocycles. The van der Waals surface area contributed by atoms with Gasteiger partial charge in [-0.1, -0.05) is 16.8 Å². The summed E-state index contributed by atoms with van der Waals surface area (Å²) >= 11 is 5.99. The number of aromatic hydroxyl groups is 2. The Morgan fingerprint density at radius 2 is 1.97 bits per heavy atom. The molecule has 0 saturated heterocycles. The molecule has 1 aromatic heterocycles. The summed E-state index contributed by atoms with van der Waals surface area (Å²) in [5.41, 5.74) is 7.68. The van der Waals surface area contributed by atoms with Crippen LogP contribution in [0.3, 0.4) is 0 Å². The number of aromatic nitrogens is 1. The van der Waals surface area contributed by atoms with E-state index in [-0.39, 0.29) is 40.8 Å². The second-order valence-corrected chi connectivity index (χ2v) is 8.13. The number of phenolic OH excluding ortho intramolecular Hbond substituents is 2. The molecule has 158 valence electrons. The summed E-state index contributed by atoms with van der Waals surface area (Å²) in [6.45, 7) is 1.69. The van der Waals surface area contributed by atoms with Crippen molar-refractivity contribution in [2.24, 2.45) is 17.6 Å².